The molecule has 1 unspecified atom stereocenters. The molecule has 1 aliphatic heterocycles. The SMILES string of the molecule is CC1=NOC(C(O)(C(F)(F)F)C(F)(F)F)C1. The fraction of sp³-hybridized carbons (Fsp3) is 0.857. The monoisotopic (exact) mass is 251 g/mol. The molecule has 0 aromatic rings. The lowest BCUT2D eigenvalue weighted by Crippen LogP contribution is -2.64. The average Bonchev–Trinajstić information content (AvgIpc) is 2.46. The number of hydrogen-bond acceptors (Lipinski definition) is 3. The molecule has 0 bridgehead atoms. The fourth-order valence-electron chi connectivity index (χ4n) is 1.25. The summed E-state index contributed by atoms with van der Waals surface area (Å²) in [7, 11) is 0. The second-order valence-electron chi connectivity index (χ2n) is 3.39. The van der Waals surface area contributed by atoms with Crippen LogP contribution >= 0.6 is 0 Å². The Labute approximate surface area is 85.7 Å². The lowest BCUT2D eigenvalue weighted by Gasteiger charge is -2.35. The Morgan fingerprint density at radius 1 is 1.19 bits per heavy atom. The number of rotatable bonds is 1. The highest BCUT2D eigenvalue weighted by Crippen LogP contribution is 2.47. The molecule has 0 spiro atoms. The Morgan fingerprint density at radius 3 is 1.88 bits per heavy atom. The van der Waals surface area contributed by atoms with Crippen LogP contribution in [0.4, 0.5) is 26.3 Å². The highest BCUT2D eigenvalue weighted by Gasteiger charge is 2.76. The van der Waals surface area contributed by atoms with Crippen LogP contribution in [0.15, 0.2) is 5.16 Å². The molecule has 0 saturated heterocycles. The number of nitrogens with zero attached hydrogens (tertiary/aromatic N) is 1. The van der Waals surface area contributed by atoms with Gasteiger partial charge in [0.25, 0.3) is 5.60 Å². The summed E-state index contributed by atoms with van der Waals surface area (Å²) in [5, 5.41) is 11.8. The molecule has 94 valence electrons. The Hall–Kier alpha value is -0.990. The van der Waals surface area contributed by atoms with Crippen LogP contribution < -0.4 is 0 Å². The van der Waals surface area contributed by atoms with E-state index in [1.807, 2.05) is 0 Å². The summed E-state index contributed by atoms with van der Waals surface area (Å²) in [6, 6.07) is 0. The van der Waals surface area contributed by atoms with Crippen LogP contribution in [0.5, 0.6) is 0 Å². The molecule has 1 aliphatic rings. The highest BCUT2D eigenvalue weighted by atomic mass is 19.4. The summed E-state index contributed by atoms with van der Waals surface area (Å²) >= 11 is 0. The van der Waals surface area contributed by atoms with Gasteiger partial charge >= 0.3 is 12.4 Å². The van der Waals surface area contributed by atoms with Gasteiger partial charge in [-0.15, -0.1) is 0 Å². The van der Waals surface area contributed by atoms with E-state index in [2.05, 4.69) is 9.99 Å². The second kappa shape index (κ2) is 3.51. The van der Waals surface area contributed by atoms with Gasteiger partial charge in [0.05, 0.1) is 5.71 Å². The first kappa shape index (κ1) is 13.1. The van der Waals surface area contributed by atoms with Crippen molar-refractivity contribution in [3.63, 3.8) is 0 Å². The molecular formula is C7H7F6NO2. The Kier molecular flexibility index (Phi) is 2.86. The van der Waals surface area contributed by atoms with Gasteiger partial charge in [0.2, 0.25) is 0 Å². The van der Waals surface area contributed by atoms with Gasteiger partial charge in [-0.05, 0) is 6.92 Å². The molecule has 0 aliphatic carbocycles. The topological polar surface area (TPSA) is 41.8 Å². The zero-order valence-corrected chi connectivity index (χ0v) is 7.85. The molecule has 0 amide bonds. The minimum absolute atomic E-state index is 0.0445. The number of hydrogen-bond donors (Lipinski definition) is 1. The third kappa shape index (κ3) is 1.83. The average molecular weight is 251 g/mol. The van der Waals surface area contributed by atoms with Crippen molar-refractivity contribution in [2.75, 3.05) is 0 Å². The van der Waals surface area contributed by atoms with E-state index in [9.17, 15) is 26.3 Å². The molecule has 0 aromatic carbocycles. The van der Waals surface area contributed by atoms with Crippen molar-refractivity contribution >= 4 is 5.71 Å². The molecule has 9 heteroatoms. The van der Waals surface area contributed by atoms with E-state index < -0.39 is 30.5 Å². The van der Waals surface area contributed by atoms with Crippen molar-refractivity contribution in [3.05, 3.63) is 0 Å². The van der Waals surface area contributed by atoms with Crippen molar-refractivity contribution in [2.24, 2.45) is 5.16 Å². The first-order valence-corrected chi connectivity index (χ1v) is 4.05. The van der Waals surface area contributed by atoms with Crippen LogP contribution in [-0.4, -0.2) is 34.9 Å². The zero-order valence-electron chi connectivity index (χ0n) is 7.85. The largest absolute Gasteiger partial charge is 0.430 e. The van der Waals surface area contributed by atoms with Gasteiger partial charge < -0.3 is 9.94 Å². The summed E-state index contributed by atoms with van der Waals surface area (Å²) in [6.45, 7) is 1.20. The van der Waals surface area contributed by atoms with E-state index in [1.165, 1.54) is 6.92 Å². The molecule has 0 saturated carbocycles. The molecule has 0 radical (unpaired) electrons. The number of alkyl halides is 6. The van der Waals surface area contributed by atoms with Gasteiger partial charge in [-0.3, -0.25) is 0 Å². The third-order valence-electron chi connectivity index (χ3n) is 2.15. The molecule has 1 rings (SSSR count). The summed E-state index contributed by atoms with van der Waals surface area (Å²) in [4.78, 5) is 3.98. The minimum Gasteiger partial charge on any atom is -0.388 e. The van der Waals surface area contributed by atoms with Crippen LogP contribution in [0.1, 0.15) is 13.3 Å². The van der Waals surface area contributed by atoms with Gasteiger partial charge in [0, 0.05) is 6.42 Å². The standard InChI is InChI=1S/C7H7F6NO2/c1-3-2-4(16-14-3)5(15,6(8,9)10)7(11,12)13/h4,15H,2H2,1H3. The van der Waals surface area contributed by atoms with E-state index >= 15 is 0 Å². The van der Waals surface area contributed by atoms with Gasteiger partial charge in [0.15, 0.2) is 6.10 Å². The molecular weight excluding hydrogens is 244 g/mol. The zero-order chi connectivity index (χ0) is 12.8. The number of aliphatic hydroxyl groups is 1. The quantitative estimate of drug-likeness (QED) is 0.724. The lowest BCUT2D eigenvalue weighted by atomic mass is 9.92. The summed E-state index contributed by atoms with van der Waals surface area (Å²) in [5.41, 5.74) is -4.95. The van der Waals surface area contributed by atoms with Crippen LogP contribution in [-0.2, 0) is 4.84 Å². The Morgan fingerprint density at radius 2 is 1.62 bits per heavy atom. The summed E-state index contributed by atoms with van der Waals surface area (Å²) < 4.78 is 73.7. The molecule has 0 fully saturated rings. The van der Waals surface area contributed by atoms with E-state index in [4.69, 9.17) is 5.11 Å². The fourth-order valence-corrected chi connectivity index (χ4v) is 1.25. The maximum absolute atomic E-state index is 12.3. The predicted octanol–water partition coefficient (Wildman–Crippen LogP) is 2.01. The molecule has 3 nitrogen and oxygen atoms in total. The van der Waals surface area contributed by atoms with E-state index in [1.54, 1.807) is 0 Å². The normalized spacial score (nSPS) is 23.0. The first-order chi connectivity index (χ1) is 7.00. The van der Waals surface area contributed by atoms with E-state index in [0.29, 0.717) is 0 Å². The van der Waals surface area contributed by atoms with E-state index in [-0.39, 0.29) is 5.71 Å². The first-order valence-electron chi connectivity index (χ1n) is 4.05. The van der Waals surface area contributed by atoms with Gasteiger partial charge in [-0.1, -0.05) is 5.16 Å². The minimum atomic E-state index is -5.88. The summed E-state index contributed by atoms with van der Waals surface area (Å²) in [6.07, 6.45) is -15.0. The van der Waals surface area contributed by atoms with Crippen LogP contribution in [0, 0.1) is 0 Å². The lowest BCUT2D eigenvalue weighted by molar-refractivity contribution is -0.392. The maximum Gasteiger partial charge on any atom is 0.430 e. The predicted molar refractivity (Wildman–Crippen MR) is 39.7 cm³/mol. The molecule has 1 heterocycles. The molecule has 1 N–H and O–H groups in total. The smallest absolute Gasteiger partial charge is 0.388 e. The molecule has 0 aromatic heterocycles. The molecule has 16 heavy (non-hydrogen) atoms. The van der Waals surface area contributed by atoms with Crippen molar-refractivity contribution in [3.8, 4) is 0 Å². The maximum atomic E-state index is 12.3. The summed E-state index contributed by atoms with van der Waals surface area (Å²) in [5.74, 6) is 0. The number of halogens is 6. The Balaban J connectivity index is 3.08. The van der Waals surface area contributed by atoms with Crippen molar-refractivity contribution in [1.82, 2.24) is 0 Å². The van der Waals surface area contributed by atoms with Crippen LogP contribution in [0.3, 0.4) is 0 Å². The second-order valence-corrected chi connectivity index (χ2v) is 3.39. The van der Waals surface area contributed by atoms with Gasteiger partial charge in [-0.25, -0.2) is 0 Å². The number of oxime groups is 1. The van der Waals surface area contributed by atoms with Crippen LogP contribution in [0.25, 0.3) is 0 Å². The van der Waals surface area contributed by atoms with Gasteiger partial charge in [-0.2, -0.15) is 26.3 Å². The van der Waals surface area contributed by atoms with E-state index in [0.717, 1.165) is 0 Å². The van der Waals surface area contributed by atoms with Gasteiger partial charge in [0.1, 0.15) is 0 Å². The van der Waals surface area contributed by atoms with Crippen molar-refractivity contribution in [2.45, 2.75) is 37.4 Å². The third-order valence-corrected chi connectivity index (χ3v) is 2.15. The van der Waals surface area contributed by atoms with Crippen molar-refractivity contribution in [1.29, 1.82) is 0 Å². The van der Waals surface area contributed by atoms with Crippen LogP contribution in [0.2, 0.25) is 0 Å². The molecule has 1 atom stereocenters. The highest BCUT2D eigenvalue weighted by molar-refractivity contribution is 5.83. The Bertz CT molecular complexity index is 293. The van der Waals surface area contributed by atoms with Crippen molar-refractivity contribution < 1.29 is 36.3 Å².